The van der Waals surface area contributed by atoms with Gasteiger partial charge < -0.3 is 0 Å². The van der Waals surface area contributed by atoms with Crippen molar-refractivity contribution in [3.63, 3.8) is 0 Å². The third kappa shape index (κ3) is 2.23. The van der Waals surface area contributed by atoms with Gasteiger partial charge in [0.25, 0.3) is 0 Å². The number of halogens is 3. The smallest absolute Gasteiger partial charge is 0.160 e. The van der Waals surface area contributed by atoms with Crippen LogP contribution in [-0.2, 0) is 13.5 Å². The van der Waals surface area contributed by atoms with Gasteiger partial charge >= 0.3 is 0 Å². The Labute approximate surface area is 128 Å². The van der Waals surface area contributed by atoms with Gasteiger partial charge in [0.1, 0.15) is 11.6 Å². The van der Waals surface area contributed by atoms with Gasteiger partial charge in [0, 0.05) is 37.7 Å². The van der Waals surface area contributed by atoms with Crippen molar-refractivity contribution in [3.8, 4) is 5.82 Å². The minimum Gasteiger partial charge on any atom is -0.279 e. The largest absolute Gasteiger partial charge is 0.279 e. The highest BCUT2D eigenvalue weighted by Crippen LogP contribution is 2.26. The van der Waals surface area contributed by atoms with E-state index in [-0.39, 0.29) is 5.82 Å². The van der Waals surface area contributed by atoms with E-state index in [2.05, 4.69) is 26.0 Å². The summed E-state index contributed by atoms with van der Waals surface area (Å²) in [6, 6.07) is 5.01. The van der Waals surface area contributed by atoms with Gasteiger partial charge in [0.2, 0.25) is 0 Å². The van der Waals surface area contributed by atoms with E-state index in [1.807, 2.05) is 23.9 Å². The number of aromatic nitrogens is 4. The number of fused-ring (bicyclic) bond motifs is 1. The van der Waals surface area contributed by atoms with Crippen molar-refractivity contribution in [2.75, 3.05) is 5.88 Å². The lowest BCUT2D eigenvalue weighted by molar-refractivity contribution is 0.623. The molecule has 7 heteroatoms. The number of rotatable bonds is 3. The topological polar surface area (TPSA) is 35.6 Å². The molecule has 2 aromatic heterocycles. The molecule has 0 unspecified atom stereocenters. The van der Waals surface area contributed by atoms with Crippen molar-refractivity contribution in [2.24, 2.45) is 7.05 Å². The third-order valence-electron chi connectivity index (χ3n) is 3.01. The molecule has 0 bridgehead atoms. The molecule has 0 radical (unpaired) electrons. The molecule has 0 aliphatic rings. The zero-order valence-electron chi connectivity index (χ0n) is 10.6. The minimum absolute atomic E-state index is 0.333. The maximum Gasteiger partial charge on any atom is 0.160 e. The van der Waals surface area contributed by atoms with Crippen molar-refractivity contribution in [2.45, 2.75) is 6.42 Å². The molecule has 0 aliphatic heterocycles. The third-order valence-corrected chi connectivity index (χ3v) is 3.81. The lowest BCUT2D eigenvalue weighted by Crippen LogP contribution is -2.03. The van der Waals surface area contributed by atoms with E-state index < -0.39 is 0 Å². The van der Waals surface area contributed by atoms with Crippen molar-refractivity contribution >= 4 is 38.6 Å². The molecule has 0 aliphatic carbocycles. The van der Waals surface area contributed by atoms with Crippen LogP contribution in [0.25, 0.3) is 16.9 Å². The van der Waals surface area contributed by atoms with Gasteiger partial charge in [-0.15, -0.1) is 11.6 Å². The summed E-state index contributed by atoms with van der Waals surface area (Å²) in [5, 5.41) is 4.39. The molecule has 4 nitrogen and oxygen atoms in total. The van der Waals surface area contributed by atoms with Gasteiger partial charge in [0.05, 0.1) is 15.5 Å². The Morgan fingerprint density at radius 2 is 2.20 bits per heavy atom. The van der Waals surface area contributed by atoms with Crippen molar-refractivity contribution in [1.82, 2.24) is 19.3 Å². The SMILES string of the molecule is Cn1ccc(-n2c(CCCl)nc3cc(F)c(Br)cc32)n1. The molecular formula is C13H11BrClFN4. The van der Waals surface area contributed by atoms with Gasteiger partial charge in [-0.05, 0) is 22.0 Å². The van der Waals surface area contributed by atoms with Crippen LogP contribution in [0.1, 0.15) is 5.82 Å². The highest BCUT2D eigenvalue weighted by Gasteiger charge is 2.16. The van der Waals surface area contributed by atoms with Crippen LogP contribution in [0.2, 0.25) is 0 Å². The summed E-state index contributed by atoms with van der Waals surface area (Å²) in [6.45, 7) is 0. The number of imidazole rings is 1. The molecule has 0 atom stereocenters. The van der Waals surface area contributed by atoms with Gasteiger partial charge in [-0.25, -0.2) is 9.37 Å². The van der Waals surface area contributed by atoms with E-state index in [9.17, 15) is 4.39 Å². The van der Waals surface area contributed by atoms with Crippen LogP contribution in [-0.4, -0.2) is 25.2 Å². The zero-order chi connectivity index (χ0) is 14.3. The number of hydrogen-bond acceptors (Lipinski definition) is 2. The van der Waals surface area contributed by atoms with E-state index in [4.69, 9.17) is 11.6 Å². The van der Waals surface area contributed by atoms with Crippen LogP contribution >= 0.6 is 27.5 Å². The predicted molar refractivity (Wildman–Crippen MR) is 79.9 cm³/mol. The van der Waals surface area contributed by atoms with Crippen LogP contribution < -0.4 is 0 Å². The molecule has 3 rings (SSSR count). The fourth-order valence-electron chi connectivity index (χ4n) is 2.15. The molecule has 2 heterocycles. The molecule has 0 fully saturated rings. The van der Waals surface area contributed by atoms with E-state index in [1.54, 1.807) is 10.7 Å². The second-order valence-electron chi connectivity index (χ2n) is 4.41. The summed E-state index contributed by atoms with van der Waals surface area (Å²) >= 11 is 9.04. The number of aryl methyl sites for hydroxylation is 2. The Morgan fingerprint density at radius 1 is 1.40 bits per heavy atom. The second-order valence-corrected chi connectivity index (χ2v) is 5.64. The van der Waals surface area contributed by atoms with Gasteiger partial charge in [-0.1, -0.05) is 0 Å². The summed E-state index contributed by atoms with van der Waals surface area (Å²) in [4.78, 5) is 4.46. The Balaban J connectivity index is 2.31. The summed E-state index contributed by atoms with van der Waals surface area (Å²) in [5.41, 5.74) is 1.40. The normalized spacial score (nSPS) is 11.4. The lowest BCUT2D eigenvalue weighted by Gasteiger charge is -2.05. The lowest BCUT2D eigenvalue weighted by atomic mass is 10.3. The van der Waals surface area contributed by atoms with Crippen LogP contribution in [0.4, 0.5) is 4.39 Å². The highest BCUT2D eigenvalue weighted by molar-refractivity contribution is 9.10. The molecule has 3 aromatic rings. The van der Waals surface area contributed by atoms with Crippen LogP contribution in [0.15, 0.2) is 28.9 Å². The van der Waals surface area contributed by atoms with Gasteiger partial charge in [0.15, 0.2) is 5.82 Å². The number of benzene rings is 1. The first-order chi connectivity index (χ1) is 9.60. The van der Waals surface area contributed by atoms with Crippen molar-refractivity contribution < 1.29 is 4.39 Å². The first kappa shape index (κ1) is 13.6. The molecule has 0 spiro atoms. The van der Waals surface area contributed by atoms with Gasteiger partial charge in [-0.2, -0.15) is 5.10 Å². The molecule has 0 amide bonds. The average molecular weight is 358 g/mol. The Hall–Kier alpha value is -1.40. The maximum atomic E-state index is 13.6. The number of alkyl halides is 1. The molecule has 0 saturated carbocycles. The fraction of sp³-hybridized carbons (Fsp3) is 0.231. The summed E-state index contributed by atoms with van der Waals surface area (Å²) in [6.07, 6.45) is 2.44. The maximum absolute atomic E-state index is 13.6. The Morgan fingerprint density at radius 3 is 2.85 bits per heavy atom. The van der Waals surface area contributed by atoms with Crippen molar-refractivity contribution in [3.05, 3.63) is 40.5 Å². The first-order valence-electron chi connectivity index (χ1n) is 6.02. The van der Waals surface area contributed by atoms with E-state index in [1.165, 1.54) is 6.07 Å². The van der Waals surface area contributed by atoms with E-state index >= 15 is 0 Å². The van der Waals surface area contributed by atoms with E-state index in [0.29, 0.717) is 22.3 Å². The standard InChI is InChI=1S/C13H11BrClFN4/c1-19-5-3-13(18-19)20-11-6-8(14)9(16)7-10(11)17-12(20)2-4-15/h3,5-7H,2,4H2,1H3. The monoisotopic (exact) mass is 356 g/mol. The number of nitrogens with zero attached hydrogens (tertiary/aromatic N) is 4. The number of hydrogen-bond donors (Lipinski definition) is 0. The quantitative estimate of drug-likeness (QED) is 0.673. The minimum atomic E-state index is -0.333. The second kappa shape index (κ2) is 5.18. The van der Waals surface area contributed by atoms with E-state index in [0.717, 1.165) is 17.2 Å². The van der Waals surface area contributed by atoms with Crippen LogP contribution in [0.3, 0.4) is 0 Å². The molecule has 0 N–H and O–H groups in total. The highest BCUT2D eigenvalue weighted by atomic mass is 79.9. The van der Waals surface area contributed by atoms with Crippen molar-refractivity contribution in [1.29, 1.82) is 0 Å². The summed E-state index contributed by atoms with van der Waals surface area (Å²) in [5.74, 6) is 1.63. The fourth-order valence-corrected chi connectivity index (χ4v) is 2.65. The molecule has 104 valence electrons. The Kier molecular flexibility index (Phi) is 3.52. The Bertz CT molecular complexity index is 780. The van der Waals surface area contributed by atoms with Crippen LogP contribution in [0.5, 0.6) is 0 Å². The first-order valence-corrected chi connectivity index (χ1v) is 7.35. The molecule has 20 heavy (non-hydrogen) atoms. The molecular weight excluding hydrogens is 347 g/mol. The van der Waals surface area contributed by atoms with Gasteiger partial charge in [-0.3, -0.25) is 9.25 Å². The zero-order valence-corrected chi connectivity index (χ0v) is 13.0. The molecule has 1 aromatic carbocycles. The molecule has 0 saturated heterocycles. The predicted octanol–water partition coefficient (Wildman–Crippen LogP) is 3.44. The summed E-state index contributed by atoms with van der Waals surface area (Å²) < 4.78 is 17.7. The average Bonchev–Trinajstić information content (AvgIpc) is 2.94. The summed E-state index contributed by atoms with van der Waals surface area (Å²) in [7, 11) is 1.85. The van der Waals surface area contributed by atoms with Crippen LogP contribution in [0, 0.1) is 5.82 Å².